The van der Waals surface area contributed by atoms with Crippen molar-refractivity contribution >= 4 is 0 Å². The van der Waals surface area contributed by atoms with E-state index < -0.39 is 0 Å². The molecule has 2 heteroatoms. The van der Waals surface area contributed by atoms with Crippen molar-refractivity contribution in [2.45, 2.75) is 26.2 Å². The topological polar surface area (TPSA) is 22.4 Å². The molecule has 2 rings (SSSR count). The molecule has 1 aromatic carbocycles. The van der Waals surface area contributed by atoms with Crippen LogP contribution in [0.3, 0.4) is 0 Å². The summed E-state index contributed by atoms with van der Waals surface area (Å²) >= 11 is 0. The Labute approximate surface area is 102 Å². The van der Waals surface area contributed by atoms with Crippen LogP contribution in [-0.4, -0.2) is 7.11 Å². The van der Waals surface area contributed by atoms with Gasteiger partial charge in [-0.15, -0.1) is 0 Å². The van der Waals surface area contributed by atoms with Crippen LogP contribution in [0.25, 0.3) is 11.3 Å². The second-order valence-electron chi connectivity index (χ2n) is 5.14. The lowest BCUT2D eigenvalue weighted by molar-refractivity contribution is 0.414. The van der Waals surface area contributed by atoms with Gasteiger partial charge in [0.25, 0.3) is 0 Å². The first-order chi connectivity index (χ1) is 8.02. The van der Waals surface area contributed by atoms with Gasteiger partial charge in [-0.25, -0.2) is 0 Å². The van der Waals surface area contributed by atoms with E-state index in [2.05, 4.69) is 32.9 Å². The van der Waals surface area contributed by atoms with E-state index in [1.165, 1.54) is 5.56 Å². The number of hydrogen-bond donors (Lipinski definition) is 0. The lowest BCUT2D eigenvalue weighted by Gasteiger charge is -2.20. The summed E-state index contributed by atoms with van der Waals surface area (Å²) in [6.07, 6.45) is 1.68. The molecule has 0 aliphatic heterocycles. The summed E-state index contributed by atoms with van der Waals surface area (Å²) < 4.78 is 10.8. The summed E-state index contributed by atoms with van der Waals surface area (Å²) in [6.45, 7) is 6.59. The minimum Gasteiger partial charge on any atom is -0.496 e. The first-order valence-electron chi connectivity index (χ1n) is 5.75. The van der Waals surface area contributed by atoms with E-state index in [1.807, 2.05) is 18.2 Å². The van der Waals surface area contributed by atoms with Crippen LogP contribution in [-0.2, 0) is 5.41 Å². The van der Waals surface area contributed by atoms with Gasteiger partial charge in [-0.1, -0.05) is 26.8 Å². The van der Waals surface area contributed by atoms with Crippen LogP contribution in [0.15, 0.2) is 41.0 Å². The van der Waals surface area contributed by atoms with Crippen LogP contribution in [0, 0.1) is 0 Å². The van der Waals surface area contributed by atoms with E-state index >= 15 is 0 Å². The van der Waals surface area contributed by atoms with Crippen molar-refractivity contribution in [2.75, 3.05) is 7.11 Å². The van der Waals surface area contributed by atoms with Gasteiger partial charge < -0.3 is 9.15 Å². The highest BCUT2D eigenvalue weighted by Crippen LogP contribution is 2.34. The van der Waals surface area contributed by atoms with E-state index in [4.69, 9.17) is 9.15 Å². The molecule has 17 heavy (non-hydrogen) atoms. The maximum atomic E-state index is 5.45. The number of furan rings is 1. The van der Waals surface area contributed by atoms with Crippen LogP contribution < -0.4 is 4.74 Å². The van der Waals surface area contributed by atoms with Gasteiger partial charge in [0.05, 0.1) is 18.9 Å². The Balaban J connectivity index is 2.55. The van der Waals surface area contributed by atoms with E-state index in [-0.39, 0.29) is 5.41 Å². The van der Waals surface area contributed by atoms with E-state index in [0.29, 0.717) is 0 Å². The van der Waals surface area contributed by atoms with Crippen LogP contribution >= 0.6 is 0 Å². The highest BCUT2D eigenvalue weighted by molar-refractivity contribution is 5.67. The molecule has 0 aliphatic rings. The van der Waals surface area contributed by atoms with Crippen molar-refractivity contribution in [3.05, 3.63) is 42.2 Å². The molecule has 1 aromatic heterocycles. The Morgan fingerprint density at radius 3 is 2.41 bits per heavy atom. The van der Waals surface area contributed by atoms with Gasteiger partial charge in [-0.3, -0.25) is 0 Å². The lowest BCUT2D eigenvalue weighted by atomic mass is 9.86. The number of methoxy groups -OCH3 is 1. The Hall–Kier alpha value is -1.70. The number of benzene rings is 1. The van der Waals surface area contributed by atoms with Gasteiger partial charge in [0, 0.05) is 0 Å². The summed E-state index contributed by atoms with van der Waals surface area (Å²) in [5, 5.41) is 0. The van der Waals surface area contributed by atoms with Crippen molar-refractivity contribution in [1.82, 2.24) is 0 Å². The van der Waals surface area contributed by atoms with Crippen molar-refractivity contribution in [3.63, 3.8) is 0 Å². The Morgan fingerprint density at radius 1 is 1.12 bits per heavy atom. The lowest BCUT2D eigenvalue weighted by Crippen LogP contribution is -2.11. The Morgan fingerprint density at radius 2 is 1.88 bits per heavy atom. The monoisotopic (exact) mass is 230 g/mol. The van der Waals surface area contributed by atoms with E-state index in [1.54, 1.807) is 13.4 Å². The SMILES string of the molecule is COc1ccc(C(C)(C)C)cc1-c1ccco1. The van der Waals surface area contributed by atoms with Crippen LogP contribution in [0.4, 0.5) is 0 Å². The summed E-state index contributed by atoms with van der Waals surface area (Å²) in [4.78, 5) is 0. The molecule has 0 unspecified atom stereocenters. The molecule has 0 amide bonds. The molecule has 90 valence electrons. The van der Waals surface area contributed by atoms with Gasteiger partial charge in [0.1, 0.15) is 11.5 Å². The van der Waals surface area contributed by atoms with Gasteiger partial charge in [-0.05, 0) is 35.2 Å². The standard InChI is InChI=1S/C15H18O2/c1-15(2,3)11-7-8-13(16-4)12(10-11)14-6-5-9-17-14/h5-10H,1-4H3. The van der Waals surface area contributed by atoms with Gasteiger partial charge in [0.2, 0.25) is 0 Å². The average molecular weight is 230 g/mol. The Bertz CT molecular complexity index is 490. The number of hydrogen-bond acceptors (Lipinski definition) is 2. The third-order valence-corrected chi connectivity index (χ3v) is 2.85. The first-order valence-corrected chi connectivity index (χ1v) is 5.75. The fourth-order valence-corrected chi connectivity index (χ4v) is 1.80. The second kappa shape index (κ2) is 4.28. The minimum absolute atomic E-state index is 0.119. The highest BCUT2D eigenvalue weighted by atomic mass is 16.5. The molecule has 0 bridgehead atoms. The third-order valence-electron chi connectivity index (χ3n) is 2.85. The van der Waals surface area contributed by atoms with Crippen LogP contribution in [0.1, 0.15) is 26.3 Å². The number of rotatable bonds is 2. The average Bonchev–Trinajstić information content (AvgIpc) is 2.80. The van der Waals surface area contributed by atoms with Crippen molar-refractivity contribution < 1.29 is 9.15 Å². The van der Waals surface area contributed by atoms with Crippen molar-refractivity contribution in [2.24, 2.45) is 0 Å². The summed E-state index contributed by atoms with van der Waals surface area (Å²) in [5.74, 6) is 1.68. The number of ether oxygens (including phenoxy) is 1. The summed E-state index contributed by atoms with van der Waals surface area (Å²) in [7, 11) is 1.68. The quantitative estimate of drug-likeness (QED) is 0.769. The fraction of sp³-hybridized carbons (Fsp3) is 0.333. The zero-order chi connectivity index (χ0) is 12.5. The summed E-state index contributed by atoms with van der Waals surface area (Å²) in [5.41, 5.74) is 2.39. The molecule has 0 N–H and O–H groups in total. The van der Waals surface area contributed by atoms with Gasteiger partial charge >= 0.3 is 0 Å². The predicted octanol–water partition coefficient (Wildman–Crippen LogP) is 4.25. The van der Waals surface area contributed by atoms with Gasteiger partial charge in [0.15, 0.2) is 0 Å². The highest BCUT2D eigenvalue weighted by Gasteiger charge is 2.17. The molecule has 0 atom stereocenters. The third kappa shape index (κ3) is 2.36. The molecule has 0 fully saturated rings. The Kier molecular flexibility index (Phi) is 2.97. The largest absolute Gasteiger partial charge is 0.496 e. The maximum Gasteiger partial charge on any atom is 0.137 e. The molecule has 0 saturated heterocycles. The molecular weight excluding hydrogens is 212 g/mol. The van der Waals surface area contributed by atoms with Crippen molar-refractivity contribution in [3.8, 4) is 17.1 Å². The zero-order valence-corrected chi connectivity index (χ0v) is 10.8. The minimum atomic E-state index is 0.119. The molecule has 2 nitrogen and oxygen atoms in total. The molecule has 0 saturated carbocycles. The molecule has 0 spiro atoms. The van der Waals surface area contributed by atoms with E-state index in [9.17, 15) is 0 Å². The zero-order valence-electron chi connectivity index (χ0n) is 10.8. The van der Waals surface area contributed by atoms with Crippen LogP contribution in [0.2, 0.25) is 0 Å². The fourth-order valence-electron chi connectivity index (χ4n) is 1.80. The maximum absolute atomic E-state index is 5.45. The molecular formula is C15H18O2. The smallest absolute Gasteiger partial charge is 0.137 e. The molecule has 1 heterocycles. The summed E-state index contributed by atoms with van der Waals surface area (Å²) in [6, 6.07) is 10.1. The van der Waals surface area contributed by atoms with Crippen molar-refractivity contribution in [1.29, 1.82) is 0 Å². The van der Waals surface area contributed by atoms with Crippen LogP contribution in [0.5, 0.6) is 5.75 Å². The van der Waals surface area contributed by atoms with Gasteiger partial charge in [-0.2, -0.15) is 0 Å². The molecule has 2 aromatic rings. The molecule has 0 radical (unpaired) electrons. The predicted molar refractivity (Wildman–Crippen MR) is 69.4 cm³/mol. The second-order valence-corrected chi connectivity index (χ2v) is 5.14. The normalized spacial score (nSPS) is 11.5. The first kappa shape index (κ1) is 11.8. The molecule has 0 aliphatic carbocycles. The van der Waals surface area contributed by atoms with E-state index in [0.717, 1.165) is 17.1 Å².